The summed E-state index contributed by atoms with van der Waals surface area (Å²) in [6, 6.07) is 20.7. The molecular weight excluding hydrogens is 304 g/mol. The molecular formula is C23H38N2. The summed E-state index contributed by atoms with van der Waals surface area (Å²) >= 11 is 0. The zero-order chi connectivity index (χ0) is 20.3. The summed E-state index contributed by atoms with van der Waals surface area (Å²) in [6.07, 6.45) is 3.88. The Balaban J connectivity index is 0.00000158. The standard InChI is InChI=1S/C19H26N2.2C2H6/c1-3-9-18(10-4-1)13-7-15-20-17-21-16-8-14-19-11-5-2-6-12-19;2*1-2/h1-6,9-12,20-21H,7-8,13-17H2;2*1-2H3/i/hD2. The van der Waals surface area contributed by atoms with E-state index in [-0.39, 0.29) is 0 Å². The molecule has 0 radical (unpaired) electrons. The Bertz CT molecular complexity index is 485. The summed E-state index contributed by atoms with van der Waals surface area (Å²) in [4.78, 5) is 0. The molecule has 0 amide bonds. The van der Waals surface area contributed by atoms with Crippen LogP contribution in [0.3, 0.4) is 0 Å². The van der Waals surface area contributed by atoms with E-state index in [9.17, 15) is 0 Å². The molecule has 0 aliphatic rings. The van der Waals surface area contributed by atoms with Gasteiger partial charge >= 0.3 is 0 Å². The minimum absolute atomic E-state index is 0.379. The molecule has 0 fully saturated rings. The highest BCUT2D eigenvalue weighted by atomic mass is 15.0. The van der Waals surface area contributed by atoms with Gasteiger partial charge in [-0.15, -0.1) is 0 Å². The van der Waals surface area contributed by atoms with Crippen molar-refractivity contribution in [1.82, 2.24) is 10.6 Å². The van der Waals surface area contributed by atoms with Gasteiger partial charge in [-0.2, -0.15) is 0 Å². The first kappa shape index (κ1) is 19.7. The summed E-state index contributed by atoms with van der Waals surface area (Å²) in [5, 5.41) is 2.97. The van der Waals surface area contributed by atoms with Gasteiger partial charge in [0.1, 0.15) is 2.82 Å². The molecule has 0 aliphatic carbocycles. The Morgan fingerprint density at radius 3 is 1.36 bits per heavy atom. The van der Waals surface area contributed by atoms with Crippen LogP contribution in [0, 0.1) is 0 Å². The molecule has 2 N–H and O–H groups in total. The second kappa shape index (κ2) is 18.7. The van der Waals surface area contributed by atoms with Crippen LogP contribution in [-0.4, -0.2) is 19.8 Å². The summed E-state index contributed by atoms with van der Waals surface area (Å²) in [6.45, 7) is 9.77. The van der Waals surface area contributed by atoms with Gasteiger partial charge in [-0.1, -0.05) is 88.4 Å². The van der Waals surface area contributed by atoms with Crippen molar-refractivity contribution in [2.24, 2.45) is 0 Å². The lowest BCUT2D eigenvalue weighted by Gasteiger charge is -2.07. The number of benzene rings is 2. The molecule has 0 bridgehead atoms. The highest BCUT2D eigenvalue weighted by molar-refractivity contribution is 5.15. The fourth-order valence-electron chi connectivity index (χ4n) is 2.29. The molecule has 0 aromatic heterocycles. The van der Waals surface area contributed by atoms with Crippen molar-refractivity contribution in [2.75, 3.05) is 19.8 Å². The van der Waals surface area contributed by atoms with Gasteiger partial charge in [0.25, 0.3) is 0 Å². The second-order valence-corrected chi connectivity index (χ2v) is 5.21. The predicted octanol–water partition coefficient (Wildman–Crippen LogP) is 5.44. The quantitative estimate of drug-likeness (QED) is 0.561. The predicted molar refractivity (Wildman–Crippen MR) is 113 cm³/mol. The van der Waals surface area contributed by atoms with E-state index in [0.717, 1.165) is 25.7 Å². The fraction of sp³-hybridized carbons (Fsp3) is 0.478. The molecule has 2 heteroatoms. The van der Waals surface area contributed by atoms with E-state index in [4.69, 9.17) is 2.82 Å². The van der Waals surface area contributed by atoms with Gasteiger partial charge in [-0.3, -0.25) is 0 Å². The van der Waals surface area contributed by atoms with Crippen LogP contribution in [0.2, 0.25) is 2.82 Å². The summed E-state index contributed by atoms with van der Waals surface area (Å²) in [5.74, 6) is 0. The largest absolute Gasteiger partial charge is 0.304 e. The van der Waals surface area contributed by atoms with Crippen molar-refractivity contribution in [3.8, 4) is 0 Å². The molecule has 2 rings (SSSR count). The molecule has 0 saturated heterocycles. The maximum atomic E-state index is 7.94. The lowest BCUT2D eigenvalue weighted by Crippen LogP contribution is -2.30. The minimum atomic E-state index is 0.379. The third kappa shape index (κ3) is 13.3. The van der Waals surface area contributed by atoms with Gasteiger partial charge in [0.15, 0.2) is 0 Å². The molecule has 0 unspecified atom stereocenters. The van der Waals surface area contributed by atoms with Crippen molar-refractivity contribution < 1.29 is 2.82 Å². The summed E-state index contributed by atoms with van der Waals surface area (Å²) < 4.78 is 15.9. The Hall–Kier alpha value is -1.64. The zero-order valence-electron chi connectivity index (χ0n) is 18.6. The van der Waals surface area contributed by atoms with Crippen molar-refractivity contribution in [1.29, 1.82) is 0 Å². The first-order chi connectivity index (χ1) is 13.2. The maximum absolute atomic E-state index is 7.94. The maximum Gasteiger partial charge on any atom is 0.123 e. The second-order valence-electron chi connectivity index (χ2n) is 5.21. The molecule has 0 spiro atoms. The van der Waals surface area contributed by atoms with E-state index in [1.807, 2.05) is 64.1 Å². The van der Waals surface area contributed by atoms with E-state index < -0.39 is 0 Å². The molecule has 140 valence electrons. The Kier molecular flexibility index (Phi) is 14.7. The topological polar surface area (TPSA) is 24.1 Å². The number of nitrogens with one attached hydrogen (secondary N) is 2. The molecule has 0 atom stereocenters. The van der Waals surface area contributed by atoms with E-state index in [2.05, 4.69) is 24.3 Å². The lowest BCUT2D eigenvalue weighted by atomic mass is 10.1. The van der Waals surface area contributed by atoms with Gasteiger partial charge < -0.3 is 10.6 Å². The monoisotopic (exact) mass is 344 g/mol. The summed E-state index contributed by atoms with van der Waals surface area (Å²) in [7, 11) is 0. The van der Waals surface area contributed by atoms with Crippen LogP contribution in [0.25, 0.3) is 0 Å². The van der Waals surface area contributed by atoms with Crippen LogP contribution in [0.15, 0.2) is 60.7 Å². The van der Waals surface area contributed by atoms with Crippen LogP contribution >= 0.6 is 0 Å². The van der Waals surface area contributed by atoms with Crippen molar-refractivity contribution in [3.63, 3.8) is 0 Å². The highest BCUT2D eigenvalue weighted by Gasteiger charge is 1.93. The first-order valence-electron chi connectivity index (χ1n) is 10.7. The molecule has 0 aliphatic heterocycles. The molecule has 2 aromatic carbocycles. The van der Waals surface area contributed by atoms with Crippen LogP contribution < -0.4 is 10.6 Å². The third-order valence-electron chi connectivity index (χ3n) is 3.45. The Labute approximate surface area is 159 Å². The van der Waals surface area contributed by atoms with Crippen LogP contribution in [0.1, 0.15) is 51.7 Å². The van der Waals surface area contributed by atoms with E-state index in [1.165, 1.54) is 21.7 Å². The Morgan fingerprint density at radius 1 is 0.640 bits per heavy atom. The molecule has 0 heterocycles. The SMILES string of the molecule is CC.CC.[2H]N(CCCc1ccccc1)CN([2H])CCCc1ccccc1. The lowest BCUT2D eigenvalue weighted by molar-refractivity contribution is 0.558. The van der Waals surface area contributed by atoms with Crippen molar-refractivity contribution in [2.45, 2.75) is 53.4 Å². The van der Waals surface area contributed by atoms with Crippen LogP contribution in [0.4, 0.5) is 0 Å². The number of aryl methyl sites for hydroxylation is 2. The number of rotatable bonds is 10. The molecule has 25 heavy (non-hydrogen) atoms. The zero-order valence-corrected chi connectivity index (χ0v) is 16.6. The molecule has 2 aromatic rings. The normalized spacial score (nSPS) is 11.0. The molecule has 0 saturated carbocycles. The number of hydrogen-bond donors (Lipinski definition) is 2. The number of hydrogen-bond acceptors (Lipinski definition) is 2. The fourth-order valence-corrected chi connectivity index (χ4v) is 2.29. The van der Waals surface area contributed by atoms with Gasteiger partial charge in [-0.25, -0.2) is 0 Å². The van der Waals surface area contributed by atoms with Crippen LogP contribution in [0.5, 0.6) is 0 Å². The van der Waals surface area contributed by atoms with Crippen molar-refractivity contribution >= 4 is 0 Å². The summed E-state index contributed by atoms with van der Waals surface area (Å²) in [5.41, 5.74) is 2.62. The highest BCUT2D eigenvalue weighted by Crippen LogP contribution is 2.02. The average molecular weight is 345 g/mol. The third-order valence-corrected chi connectivity index (χ3v) is 3.45. The molecule has 2 nitrogen and oxygen atoms in total. The van der Waals surface area contributed by atoms with Gasteiger partial charge in [0.2, 0.25) is 0 Å². The van der Waals surface area contributed by atoms with Crippen molar-refractivity contribution in [3.05, 3.63) is 71.8 Å². The Morgan fingerprint density at radius 2 is 1.00 bits per heavy atom. The van der Waals surface area contributed by atoms with Gasteiger partial charge in [0, 0.05) is 6.67 Å². The van der Waals surface area contributed by atoms with E-state index in [1.54, 1.807) is 0 Å². The average Bonchev–Trinajstić information content (AvgIpc) is 2.72. The van der Waals surface area contributed by atoms with Crippen LogP contribution in [-0.2, 0) is 12.8 Å². The smallest absolute Gasteiger partial charge is 0.123 e. The van der Waals surface area contributed by atoms with Gasteiger partial charge in [-0.05, 0) is 49.9 Å². The first-order valence-corrected chi connectivity index (χ1v) is 9.79. The minimum Gasteiger partial charge on any atom is -0.304 e. The van der Waals surface area contributed by atoms with E-state index >= 15 is 0 Å². The van der Waals surface area contributed by atoms with E-state index in [0.29, 0.717) is 19.8 Å². The van der Waals surface area contributed by atoms with Gasteiger partial charge in [0.05, 0.1) is 0 Å².